The van der Waals surface area contributed by atoms with Crippen molar-refractivity contribution in [2.75, 3.05) is 17.7 Å². The molecule has 3 aromatic heterocycles. The number of benzene rings is 1. The quantitative estimate of drug-likeness (QED) is 0.383. The predicted octanol–water partition coefficient (Wildman–Crippen LogP) is 5.36. The number of halogens is 3. The minimum Gasteiger partial charge on any atom is -0.481 e. The Labute approximate surface area is 187 Å². The molecule has 0 saturated carbocycles. The fraction of sp³-hybridized carbons (Fsp3) is 0.158. The van der Waals surface area contributed by atoms with E-state index in [4.69, 9.17) is 4.74 Å². The fourth-order valence-electron chi connectivity index (χ4n) is 2.74. The Bertz CT molecular complexity index is 1270. The fourth-order valence-corrected chi connectivity index (χ4v) is 4.50. The van der Waals surface area contributed by atoms with Crippen LogP contribution in [0.5, 0.6) is 11.6 Å². The number of nitrogens with zero attached hydrogens (tertiary/aromatic N) is 3. The van der Waals surface area contributed by atoms with Gasteiger partial charge in [0, 0.05) is 12.1 Å². The molecule has 13 heteroatoms. The van der Waals surface area contributed by atoms with Crippen molar-refractivity contribution in [1.82, 2.24) is 14.3 Å². The van der Waals surface area contributed by atoms with Crippen LogP contribution < -0.4 is 20.1 Å². The van der Waals surface area contributed by atoms with Crippen LogP contribution in [0.1, 0.15) is 16.1 Å². The molecule has 166 valence electrons. The highest BCUT2D eigenvalue weighted by atomic mass is 32.1. The number of pyridine rings is 1. The van der Waals surface area contributed by atoms with Crippen molar-refractivity contribution in [2.24, 2.45) is 0 Å². The molecule has 3 heterocycles. The Morgan fingerprint density at radius 1 is 1.19 bits per heavy atom. The Morgan fingerprint density at radius 2 is 2.00 bits per heavy atom. The second-order valence-corrected chi connectivity index (χ2v) is 8.14. The number of fused-ring (bicyclic) bond motifs is 1. The lowest BCUT2D eigenvalue weighted by Gasteiger charge is -2.07. The number of anilines is 3. The number of alkyl halides is 3. The van der Waals surface area contributed by atoms with Gasteiger partial charge < -0.3 is 20.1 Å². The van der Waals surface area contributed by atoms with E-state index in [-0.39, 0.29) is 5.75 Å². The Kier molecular flexibility index (Phi) is 5.84. The third-order valence-corrected chi connectivity index (χ3v) is 5.89. The van der Waals surface area contributed by atoms with Crippen molar-refractivity contribution in [3.05, 3.63) is 47.8 Å². The van der Waals surface area contributed by atoms with Gasteiger partial charge in [0.2, 0.25) is 5.88 Å². The zero-order chi connectivity index (χ0) is 22.9. The summed E-state index contributed by atoms with van der Waals surface area (Å²) in [6, 6.07) is 7.15. The molecule has 0 aliphatic carbocycles. The summed E-state index contributed by atoms with van der Waals surface area (Å²) in [5.74, 6) is -0.312. The van der Waals surface area contributed by atoms with Gasteiger partial charge in [-0.1, -0.05) is 11.3 Å². The van der Waals surface area contributed by atoms with Crippen LogP contribution in [0.15, 0.2) is 36.5 Å². The van der Waals surface area contributed by atoms with Crippen molar-refractivity contribution < 1.29 is 27.4 Å². The summed E-state index contributed by atoms with van der Waals surface area (Å²) >= 11 is 2.20. The van der Waals surface area contributed by atoms with Crippen molar-refractivity contribution in [1.29, 1.82) is 0 Å². The summed E-state index contributed by atoms with van der Waals surface area (Å²) in [4.78, 5) is 21.2. The third-order valence-electron chi connectivity index (χ3n) is 4.11. The molecule has 0 bridgehead atoms. The first-order valence-corrected chi connectivity index (χ1v) is 10.5. The second-order valence-electron chi connectivity index (χ2n) is 6.34. The number of carbonyl (C=O) groups excluding carboxylic acids is 1. The van der Waals surface area contributed by atoms with Crippen LogP contribution in [0.3, 0.4) is 0 Å². The van der Waals surface area contributed by atoms with Gasteiger partial charge in [0.05, 0.1) is 40.5 Å². The summed E-state index contributed by atoms with van der Waals surface area (Å²) in [6.07, 6.45) is -3.31. The molecule has 2 N–H and O–H groups in total. The Balaban J connectivity index is 1.54. The van der Waals surface area contributed by atoms with Crippen LogP contribution >= 0.6 is 22.9 Å². The highest BCUT2D eigenvalue weighted by Crippen LogP contribution is 2.35. The molecule has 1 amide bonds. The number of aromatic nitrogens is 3. The summed E-state index contributed by atoms with van der Waals surface area (Å²) in [7, 11) is 1.49. The van der Waals surface area contributed by atoms with Crippen molar-refractivity contribution in [3.8, 4) is 11.6 Å². The maximum atomic E-state index is 12.8. The van der Waals surface area contributed by atoms with Crippen LogP contribution in [0.4, 0.5) is 29.0 Å². The topological polar surface area (TPSA) is 98.3 Å². The molecule has 0 aliphatic rings. The Morgan fingerprint density at radius 3 is 2.69 bits per heavy atom. The van der Waals surface area contributed by atoms with Gasteiger partial charge in [-0.25, -0.2) is 9.97 Å². The van der Waals surface area contributed by atoms with Gasteiger partial charge in [-0.3, -0.25) is 4.79 Å². The standard InChI is InChI=1S/C19H14F3N5O3S2/c1-9-15(16(28)24-10-3-6-14(29-2)23-8-10)17(32-27-9)26-18-25-12-5-4-11(7-13(12)31-18)30-19(20,21)22/h3-8H,1-2H3,(H,24,28)(H,25,26). The molecule has 8 nitrogen and oxygen atoms in total. The first-order valence-electron chi connectivity index (χ1n) is 8.93. The van der Waals surface area contributed by atoms with Crippen LogP contribution in [0, 0.1) is 6.92 Å². The van der Waals surface area contributed by atoms with Crippen LogP contribution in [0.2, 0.25) is 0 Å². The molecule has 4 aromatic rings. The van der Waals surface area contributed by atoms with E-state index in [1.807, 2.05) is 0 Å². The smallest absolute Gasteiger partial charge is 0.481 e. The number of carbonyl (C=O) groups is 1. The molecular formula is C19H14F3N5O3S2. The average Bonchev–Trinajstić information content (AvgIpc) is 3.29. The SMILES string of the molecule is COc1ccc(NC(=O)c2c(C)nsc2Nc2nc3ccc(OC(F)(F)F)cc3s2)cn1. The van der Waals surface area contributed by atoms with Gasteiger partial charge in [-0.15, -0.1) is 13.2 Å². The number of amides is 1. The maximum absolute atomic E-state index is 12.8. The number of methoxy groups -OCH3 is 1. The molecule has 0 unspecified atom stereocenters. The first kappa shape index (κ1) is 21.8. The summed E-state index contributed by atoms with van der Waals surface area (Å²) < 4.78 is 51.0. The molecule has 0 fully saturated rings. The van der Waals surface area contributed by atoms with Crippen molar-refractivity contribution >= 4 is 54.8 Å². The van der Waals surface area contributed by atoms with E-state index < -0.39 is 12.3 Å². The van der Waals surface area contributed by atoms with Gasteiger partial charge in [0.25, 0.3) is 5.91 Å². The predicted molar refractivity (Wildman–Crippen MR) is 115 cm³/mol. The summed E-state index contributed by atoms with van der Waals surface area (Å²) in [5.41, 5.74) is 1.80. The highest BCUT2D eigenvalue weighted by Gasteiger charge is 2.31. The van der Waals surface area contributed by atoms with Gasteiger partial charge >= 0.3 is 6.36 Å². The zero-order valence-corrected chi connectivity index (χ0v) is 18.1. The van der Waals surface area contributed by atoms with Gasteiger partial charge in [0.1, 0.15) is 10.8 Å². The monoisotopic (exact) mass is 481 g/mol. The summed E-state index contributed by atoms with van der Waals surface area (Å²) in [6.45, 7) is 1.70. The lowest BCUT2D eigenvalue weighted by atomic mass is 10.2. The molecule has 0 radical (unpaired) electrons. The van der Waals surface area contributed by atoms with Gasteiger partial charge in [-0.05, 0) is 36.7 Å². The molecule has 4 rings (SSSR count). The van der Waals surface area contributed by atoms with Gasteiger partial charge in [-0.2, -0.15) is 4.37 Å². The van der Waals surface area contributed by atoms with Crippen molar-refractivity contribution in [3.63, 3.8) is 0 Å². The molecular weight excluding hydrogens is 467 g/mol. The van der Waals surface area contributed by atoms with Crippen LogP contribution in [0.25, 0.3) is 10.2 Å². The molecule has 0 aliphatic heterocycles. The third kappa shape index (κ3) is 4.89. The maximum Gasteiger partial charge on any atom is 0.573 e. The van der Waals surface area contributed by atoms with E-state index in [0.29, 0.717) is 43.2 Å². The van der Waals surface area contributed by atoms with Crippen LogP contribution in [-0.4, -0.2) is 33.7 Å². The van der Waals surface area contributed by atoms with E-state index in [1.165, 1.54) is 31.5 Å². The minimum absolute atomic E-state index is 0.325. The Hall–Kier alpha value is -3.45. The number of ether oxygens (including phenoxy) is 2. The lowest BCUT2D eigenvalue weighted by molar-refractivity contribution is -0.274. The molecule has 0 spiro atoms. The van der Waals surface area contributed by atoms with E-state index in [0.717, 1.165) is 22.9 Å². The number of aryl methyl sites for hydroxylation is 1. The normalized spacial score (nSPS) is 11.4. The van der Waals surface area contributed by atoms with Crippen molar-refractivity contribution in [2.45, 2.75) is 13.3 Å². The number of thiazole rings is 1. The molecule has 0 saturated heterocycles. The number of hydrogen-bond acceptors (Lipinski definition) is 9. The minimum atomic E-state index is -4.78. The number of nitrogens with one attached hydrogen (secondary N) is 2. The highest BCUT2D eigenvalue weighted by molar-refractivity contribution is 7.22. The van der Waals surface area contributed by atoms with E-state index in [2.05, 4.69) is 29.7 Å². The molecule has 32 heavy (non-hydrogen) atoms. The molecule has 0 atom stereocenters. The average molecular weight is 481 g/mol. The number of rotatable bonds is 6. The first-order chi connectivity index (χ1) is 15.2. The molecule has 1 aromatic carbocycles. The number of hydrogen-bond donors (Lipinski definition) is 2. The van der Waals surface area contributed by atoms with E-state index in [9.17, 15) is 18.0 Å². The lowest BCUT2D eigenvalue weighted by Crippen LogP contribution is -2.16. The summed E-state index contributed by atoms with van der Waals surface area (Å²) in [5, 5.41) is 6.63. The second kappa shape index (κ2) is 8.59. The van der Waals surface area contributed by atoms with Crippen LogP contribution in [-0.2, 0) is 0 Å². The van der Waals surface area contributed by atoms with Gasteiger partial charge in [0.15, 0.2) is 5.13 Å². The zero-order valence-electron chi connectivity index (χ0n) is 16.5. The van der Waals surface area contributed by atoms with E-state index >= 15 is 0 Å². The van der Waals surface area contributed by atoms with E-state index in [1.54, 1.807) is 19.1 Å². The largest absolute Gasteiger partial charge is 0.573 e.